The maximum absolute atomic E-state index is 11.9. The molecule has 0 atom stereocenters. The maximum atomic E-state index is 11.9. The van der Waals surface area contributed by atoms with E-state index in [1.54, 1.807) is 19.2 Å². The van der Waals surface area contributed by atoms with Gasteiger partial charge >= 0.3 is 0 Å². The fourth-order valence-corrected chi connectivity index (χ4v) is 1.77. The Labute approximate surface area is 113 Å². The van der Waals surface area contributed by atoms with Gasteiger partial charge in [0.2, 0.25) is 5.91 Å². The molecule has 19 heavy (non-hydrogen) atoms. The Balaban J connectivity index is 2.58. The van der Waals surface area contributed by atoms with Gasteiger partial charge in [-0.3, -0.25) is 9.59 Å². The molecule has 0 heterocycles. The molecule has 0 aliphatic heterocycles. The highest BCUT2D eigenvalue weighted by atomic mass is 16.3. The first-order valence-electron chi connectivity index (χ1n) is 6.15. The van der Waals surface area contributed by atoms with Crippen molar-refractivity contribution in [2.24, 2.45) is 0 Å². The Hall–Kier alpha value is -1.88. The molecule has 0 unspecified atom stereocenters. The van der Waals surface area contributed by atoms with Gasteiger partial charge in [-0.1, -0.05) is 17.2 Å². The van der Waals surface area contributed by atoms with E-state index in [-0.39, 0.29) is 31.5 Å². The van der Waals surface area contributed by atoms with Crippen molar-refractivity contribution in [3.05, 3.63) is 34.9 Å². The molecule has 0 bridgehead atoms. The third-order valence-electron chi connectivity index (χ3n) is 2.75. The van der Waals surface area contributed by atoms with Crippen molar-refractivity contribution < 1.29 is 14.7 Å². The fraction of sp³-hybridized carbons (Fsp3) is 0.429. The summed E-state index contributed by atoms with van der Waals surface area (Å²) in [5, 5.41) is 11.3. The largest absolute Gasteiger partial charge is 0.395 e. The van der Waals surface area contributed by atoms with Crippen LogP contribution in [0.4, 0.5) is 0 Å². The van der Waals surface area contributed by atoms with Gasteiger partial charge in [0.15, 0.2) is 0 Å². The first kappa shape index (κ1) is 15.2. The molecule has 0 radical (unpaired) electrons. The molecule has 0 aromatic heterocycles. The van der Waals surface area contributed by atoms with Crippen LogP contribution in [-0.2, 0) is 4.79 Å². The lowest BCUT2D eigenvalue weighted by atomic mass is 10.1. The fourth-order valence-electron chi connectivity index (χ4n) is 1.77. The SMILES string of the molecule is Cc1cc(C)cc(C(=O)NCC(=O)N(C)CCO)c1. The zero-order valence-corrected chi connectivity index (χ0v) is 11.6. The van der Waals surface area contributed by atoms with E-state index in [0.29, 0.717) is 5.56 Å². The number of benzene rings is 1. The quantitative estimate of drug-likeness (QED) is 0.813. The Morgan fingerprint density at radius 1 is 1.21 bits per heavy atom. The van der Waals surface area contributed by atoms with E-state index in [0.717, 1.165) is 11.1 Å². The normalized spacial score (nSPS) is 10.1. The summed E-state index contributed by atoms with van der Waals surface area (Å²) < 4.78 is 0. The first-order chi connectivity index (χ1) is 8.93. The molecule has 0 fully saturated rings. The van der Waals surface area contributed by atoms with Gasteiger partial charge in [-0.15, -0.1) is 0 Å². The topological polar surface area (TPSA) is 69.6 Å². The molecule has 5 heteroatoms. The van der Waals surface area contributed by atoms with Crippen molar-refractivity contribution in [1.29, 1.82) is 0 Å². The summed E-state index contributed by atoms with van der Waals surface area (Å²) in [4.78, 5) is 24.9. The number of aliphatic hydroxyl groups excluding tert-OH is 1. The highest BCUT2D eigenvalue weighted by molar-refractivity contribution is 5.96. The molecular formula is C14H20N2O3. The molecule has 0 aliphatic rings. The number of aliphatic hydroxyl groups is 1. The van der Waals surface area contributed by atoms with Crippen LogP contribution in [0.15, 0.2) is 18.2 Å². The van der Waals surface area contributed by atoms with E-state index in [1.165, 1.54) is 4.90 Å². The van der Waals surface area contributed by atoms with Crippen molar-refractivity contribution in [3.8, 4) is 0 Å². The second-order valence-electron chi connectivity index (χ2n) is 4.60. The third kappa shape index (κ3) is 4.71. The Kier molecular flexibility index (Phi) is 5.51. The summed E-state index contributed by atoms with van der Waals surface area (Å²) in [6.07, 6.45) is 0. The van der Waals surface area contributed by atoms with Crippen LogP contribution in [0.2, 0.25) is 0 Å². The van der Waals surface area contributed by atoms with Crippen LogP contribution in [0.1, 0.15) is 21.5 Å². The number of nitrogens with one attached hydrogen (secondary N) is 1. The first-order valence-corrected chi connectivity index (χ1v) is 6.15. The number of carbonyl (C=O) groups excluding carboxylic acids is 2. The van der Waals surface area contributed by atoms with E-state index in [9.17, 15) is 9.59 Å². The zero-order valence-electron chi connectivity index (χ0n) is 11.6. The van der Waals surface area contributed by atoms with Gasteiger partial charge in [0.1, 0.15) is 0 Å². The van der Waals surface area contributed by atoms with Crippen LogP contribution in [0.25, 0.3) is 0 Å². The number of carbonyl (C=O) groups is 2. The minimum atomic E-state index is -0.266. The predicted octanol–water partition coefficient (Wildman–Crippen LogP) is 0.484. The lowest BCUT2D eigenvalue weighted by Crippen LogP contribution is -2.39. The highest BCUT2D eigenvalue weighted by Gasteiger charge is 2.11. The molecule has 0 aliphatic carbocycles. The summed E-state index contributed by atoms with van der Waals surface area (Å²) in [5.41, 5.74) is 2.57. The standard InChI is InChI=1S/C14H20N2O3/c1-10-6-11(2)8-12(7-10)14(19)15-9-13(18)16(3)4-5-17/h6-8,17H,4-5,9H2,1-3H3,(H,15,19). The van der Waals surface area contributed by atoms with E-state index < -0.39 is 0 Å². The van der Waals surface area contributed by atoms with E-state index in [1.807, 2.05) is 19.9 Å². The Morgan fingerprint density at radius 3 is 2.32 bits per heavy atom. The van der Waals surface area contributed by atoms with Crippen LogP contribution in [0.3, 0.4) is 0 Å². The van der Waals surface area contributed by atoms with Gasteiger partial charge < -0.3 is 15.3 Å². The monoisotopic (exact) mass is 264 g/mol. The number of likely N-dealkylation sites (N-methyl/N-ethyl adjacent to an activating group) is 1. The molecule has 5 nitrogen and oxygen atoms in total. The van der Waals surface area contributed by atoms with Gasteiger partial charge in [-0.05, 0) is 26.0 Å². The number of hydrogen-bond acceptors (Lipinski definition) is 3. The Morgan fingerprint density at radius 2 is 1.79 bits per heavy atom. The maximum Gasteiger partial charge on any atom is 0.251 e. The second-order valence-corrected chi connectivity index (χ2v) is 4.60. The summed E-state index contributed by atoms with van der Waals surface area (Å²) in [7, 11) is 1.58. The van der Waals surface area contributed by atoms with Crippen molar-refractivity contribution in [2.45, 2.75) is 13.8 Å². The zero-order chi connectivity index (χ0) is 14.4. The molecule has 0 saturated carbocycles. The molecule has 104 valence electrons. The van der Waals surface area contributed by atoms with Crippen LogP contribution in [0, 0.1) is 13.8 Å². The van der Waals surface area contributed by atoms with Crippen molar-refractivity contribution >= 4 is 11.8 Å². The molecule has 2 amide bonds. The summed E-state index contributed by atoms with van der Waals surface area (Å²) in [5.74, 6) is -0.496. The van der Waals surface area contributed by atoms with Crippen LogP contribution in [-0.4, -0.2) is 48.6 Å². The average Bonchev–Trinajstić information content (AvgIpc) is 2.34. The molecule has 1 aromatic rings. The van der Waals surface area contributed by atoms with Crippen molar-refractivity contribution in [1.82, 2.24) is 10.2 Å². The predicted molar refractivity (Wildman–Crippen MR) is 73.0 cm³/mol. The van der Waals surface area contributed by atoms with E-state index >= 15 is 0 Å². The number of nitrogens with zero attached hydrogens (tertiary/aromatic N) is 1. The summed E-state index contributed by atoms with van der Waals surface area (Å²) in [6, 6.07) is 5.55. The number of rotatable bonds is 5. The van der Waals surface area contributed by atoms with Crippen molar-refractivity contribution in [2.75, 3.05) is 26.7 Å². The summed E-state index contributed by atoms with van der Waals surface area (Å²) in [6.45, 7) is 3.95. The molecular weight excluding hydrogens is 244 g/mol. The van der Waals surface area contributed by atoms with Gasteiger partial charge in [0.25, 0.3) is 5.91 Å². The second kappa shape index (κ2) is 6.89. The third-order valence-corrected chi connectivity index (χ3v) is 2.75. The van der Waals surface area contributed by atoms with Gasteiger partial charge in [0, 0.05) is 19.2 Å². The van der Waals surface area contributed by atoms with Crippen LogP contribution in [0.5, 0.6) is 0 Å². The lowest BCUT2D eigenvalue weighted by Gasteiger charge is -2.16. The van der Waals surface area contributed by atoms with E-state index in [4.69, 9.17) is 5.11 Å². The smallest absolute Gasteiger partial charge is 0.251 e. The summed E-state index contributed by atoms with van der Waals surface area (Å²) >= 11 is 0. The number of aryl methyl sites for hydroxylation is 2. The molecule has 1 rings (SSSR count). The number of amides is 2. The minimum absolute atomic E-state index is 0.0671. The highest BCUT2D eigenvalue weighted by Crippen LogP contribution is 2.08. The average molecular weight is 264 g/mol. The molecule has 2 N–H and O–H groups in total. The molecule has 0 saturated heterocycles. The minimum Gasteiger partial charge on any atom is -0.395 e. The Bertz CT molecular complexity index is 452. The van der Waals surface area contributed by atoms with Crippen LogP contribution >= 0.6 is 0 Å². The van der Waals surface area contributed by atoms with Gasteiger partial charge in [-0.2, -0.15) is 0 Å². The lowest BCUT2D eigenvalue weighted by molar-refractivity contribution is -0.129. The van der Waals surface area contributed by atoms with Gasteiger partial charge in [0.05, 0.1) is 13.2 Å². The van der Waals surface area contributed by atoms with Crippen molar-refractivity contribution in [3.63, 3.8) is 0 Å². The molecule has 1 aromatic carbocycles. The van der Waals surface area contributed by atoms with Crippen LogP contribution < -0.4 is 5.32 Å². The number of hydrogen-bond donors (Lipinski definition) is 2. The van der Waals surface area contributed by atoms with Gasteiger partial charge in [-0.25, -0.2) is 0 Å². The molecule has 0 spiro atoms. The van der Waals surface area contributed by atoms with E-state index in [2.05, 4.69) is 5.32 Å².